The molecule has 1 aromatic carbocycles. The number of benzene rings is 1. The van der Waals surface area contributed by atoms with Crippen LogP contribution in [0.1, 0.15) is 25.3 Å². The van der Waals surface area contributed by atoms with Crippen LogP contribution in [-0.2, 0) is 19.1 Å². The van der Waals surface area contributed by atoms with Crippen molar-refractivity contribution in [2.45, 2.75) is 19.8 Å². The van der Waals surface area contributed by atoms with Crippen molar-refractivity contribution in [2.75, 3.05) is 14.2 Å². The third-order valence-corrected chi connectivity index (χ3v) is 4.55. The molecule has 0 spiro atoms. The van der Waals surface area contributed by atoms with Gasteiger partial charge in [-0.05, 0) is 31.5 Å². The van der Waals surface area contributed by atoms with Crippen molar-refractivity contribution >= 4 is 40.9 Å². The fourth-order valence-electron chi connectivity index (χ4n) is 2.93. The minimum absolute atomic E-state index is 0.280. The summed E-state index contributed by atoms with van der Waals surface area (Å²) in [4.78, 5) is 29.0. The monoisotopic (exact) mass is 369 g/mol. The molecule has 1 heterocycles. The van der Waals surface area contributed by atoms with Gasteiger partial charge in [-0.2, -0.15) is 0 Å². The van der Waals surface area contributed by atoms with E-state index >= 15 is 0 Å². The first-order valence-corrected chi connectivity index (χ1v) is 7.94. The second-order valence-corrected chi connectivity index (χ2v) is 6.23. The van der Waals surface area contributed by atoms with Crippen LogP contribution in [0.2, 0.25) is 10.0 Å². The van der Waals surface area contributed by atoms with E-state index in [2.05, 4.69) is 4.99 Å². The quantitative estimate of drug-likeness (QED) is 0.760. The minimum atomic E-state index is -0.772. The first-order chi connectivity index (χ1) is 11.3. The van der Waals surface area contributed by atoms with Crippen molar-refractivity contribution in [3.63, 3.8) is 0 Å². The molecule has 0 amide bonds. The number of hydrogen-bond acceptors (Lipinski definition) is 5. The number of hydrogen-bond donors (Lipinski definition) is 0. The maximum absolute atomic E-state index is 12.4. The van der Waals surface area contributed by atoms with Crippen molar-refractivity contribution in [3.8, 4) is 0 Å². The summed E-state index contributed by atoms with van der Waals surface area (Å²) in [5.41, 5.74) is 1.90. The maximum atomic E-state index is 12.4. The van der Waals surface area contributed by atoms with E-state index in [1.807, 2.05) is 0 Å². The molecule has 128 valence electrons. The Bertz CT molecular complexity index is 755. The highest BCUT2D eigenvalue weighted by Crippen LogP contribution is 2.42. The molecule has 0 aromatic heterocycles. The Balaban J connectivity index is 2.72. The highest BCUT2D eigenvalue weighted by atomic mass is 35.5. The van der Waals surface area contributed by atoms with Crippen LogP contribution in [0.4, 0.5) is 0 Å². The van der Waals surface area contributed by atoms with Crippen LogP contribution in [-0.4, -0.2) is 31.9 Å². The van der Waals surface area contributed by atoms with E-state index in [1.54, 1.807) is 32.0 Å². The van der Waals surface area contributed by atoms with Crippen molar-refractivity contribution < 1.29 is 19.1 Å². The van der Waals surface area contributed by atoms with E-state index in [4.69, 9.17) is 32.7 Å². The molecule has 7 heteroatoms. The average molecular weight is 370 g/mol. The SMILES string of the molecule is COC(=O)C1=C(C)N=C(C)C(C(=O)OC)C1c1ccc(Cl)cc1Cl. The van der Waals surface area contributed by atoms with E-state index in [-0.39, 0.29) is 5.57 Å². The zero-order valence-corrected chi connectivity index (χ0v) is 15.2. The topological polar surface area (TPSA) is 65.0 Å². The molecule has 1 aliphatic rings. The van der Waals surface area contributed by atoms with Gasteiger partial charge in [0.05, 0.1) is 19.8 Å². The Morgan fingerprint density at radius 3 is 2.33 bits per heavy atom. The molecule has 0 aliphatic carbocycles. The highest BCUT2D eigenvalue weighted by molar-refractivity contribution is 6.35. The molecule has 2 atom stereocenters. The number of esters is 2. The third-order valence-electron chi connectivity index (χ3n) is 3.99. The number of carbonyl (C=O) groups excluding carboxylic acids is 2. The van der Waals surface area contributed by atoms with Gasteiger partial charge in [0.15, 0.2) is 0 Å². The summed E-state index contributed by atoms with van der Waals surface area (Å²) in [6.45, 7) is 3.41. The lowest BCUT2D eigenvalue weighted by Gasteiger charge is -2.31. The Morgan fingerprint density at radius 2 is 1.79 bits per heavy atom. The Labute approximate surface area is 150 Å². The fraction of sp³-hybridized carbons (Fsp3) is 0.353. The summed E-state index contributed by atoms with van der Waals surface area (Å²) in [7, 11) is 2.57. The van der Waals surface area contributed by atoms with Crippen LogP contribution in [0.15, 0.2) is 34.5 Å². The first kappa shape index (κ1) is 18.5. The number of ether oxygens (including phenoxy) is 2. The van der Waals surface area contributed by atoms with Crippen LogP contribution in [0.25, 0.3) is 0 Å². The normalized spacial score (nSPS) is 20.5. The van der Waals surface area contributed by atoms with E-state index in [0.717, 1.165) is 0 Å². The smallest absolute Gasteiger partial charge is 0.336 e. The van der Waals surface area contributed by atoms with Gasteiger partial charge in [-0.1, -0.05) is 29.3 Å². The van der Waals surface area contributed by atoms with E-state index < -0.39 is 23.8 Å². The molecule has 0 saturated carbocycles. The van der Waals surface area contributed by atoms with Gasteiger partial charge >= 0.3 is 11.9 Å². The number of halogens is 2. The molecule has 5 nitrogen and oxygen atoms in total. The van der Waals surface area contributed by atoms with Crippen molar-refractivity contribution in [1.29, 1.82) is 0 Å². The lowest BCUT2D eigenvalue weighted by molar-refractivity contribution is -0.143. The van der Waals surface area contributed by atoms with Crippen LogP contribution < -0.4 is 0 Å². The summed E-state index contributed by atoms with van der Waals surface area (Å²) in [5.74, 6) is -2.49. The lowest BCUT2D eigenvalue weighted by atomic mass is 9.75. The molecule has 2 rings (SSSR count). The Morgan fingerprint density at radius 1 is 1.12 bits per heavy atom. The van der Waals surface area contributed by atoms with Gasteiger partial charge in [-0.25, -0.2) is 4.79 Å². The van der Waals surface area contributed by atoms with Gasteiger partial charge in [0, 0.05) is 27.4 Å². The molecule has 1 aromatic rings. The third kappa shape index (κ3) is 3.32. The van der Waals surface area contributed by atoms with Gasteiger partial charge in [0.2, 0.25) is 0 Å². The molecule has 0 saturated heterocycles. The summed E-state index contributed by atoms with van der Waals surface area (Å²) in [6, 6.07) is 4.92. The van der Waals surface area contributed by atoms with Gasteiger partial charge in [-0.3, -0.25) is 9.79 Å². The number of aliphatic imine (C=N–C) groups is 1. The molecule has 1 aliphatic heterocycles. The molecule has 0 radical (unpaired) electrons. The summed E-state index contributed by atoms with van der Waals surface area (Å²) < 4.78 is 9.79. The molecular weight excluding hydrogens is 353 g/mol. The highest BCUT2D eigenvalue weighted by Gasteiger charge is 2.42. The summed E-state index contributed by atoms with van der Waals surface area (Å²) in [5, 5.41) is 0.810. The number of methoxy groups -OCH3 is 2. The lowest BCUT2D eigenvalue weighted by Crippen LogP contribution is -2.36. The molecule has 24 heavy (non-hydrogen) atoms. The maximum Gasteiger partial charge on any atom is 0.336 e. The van der Waals surface area contributed by atoms with Gasteiger partial charge in [0.1, 0.15) is 5.92 Å². The molecule has 0 bridgehead atoms. The van der Waals surface area contributed by atoms with Crippen molar-refractivity contribution in [1.82, 2.24) is 0 Å². The number of carbonyl (C=O) groups is 2. The van der Waals surface area contributed by atoms with Gasteiger partial charge in [-0.15, -0.1) is 0 Å². The molecular formula is C17H17Cl2NO4. The van der Waals surface area contributed by atoms with Crippen LogP contribution in [0.5, 0.6) is 0 Å². The van der Waals surface area contributed by atoms with Gasteiger partial charge in [0.25, 0.3) is 0 Å². The second-order valence-electron chi connectivity index (χ2n) is 5.39. The number of allylic oxidation sites excluding steroid dienone is 1. The van der Waals surface area contributed by atoms with Crippen LogP contribution in [0, 0.1) is 5.92 Å². The van der Waals surface area contributed by atoms with Crippen LogP contribution in [0.3, 0.4) is 0 Å². The predicted molar refractivity (Wildman–Crippen MR) is 92.5 cm³/mol. The Hall–Kier alpha value is -1.85. The Kier molecular flexibility index (Phi) is 5.67. The summed E-state index contributed by atoms with van der Waals surface area (Å²) >= 11 is 12.3. The zero-order valence-electron chi connectivity index (χ0n) is 13.7. The summed E-state index contributed by atoms with van der Waals surface area (Å²) in [6.07, 6.45) is 0. The largest absolute Gasteiger partial charge is 0.468 e. The van der Waals surface area contributed by atoms with E-state index in [1.165, 1.54) is 14.2 Å². The number of nitrogens with zero attached hydrogens (tertiary/aromatic N) is 1. The fourth-order valence-corrected chi connectivity index (χ4v) is 3.46. The minimum Gasteiger partial charge on any atom is -0.468 e. The van der Waals surface area contributed by atoms with Crippen LogP contribution >= 0.6 is 23.2 Å². The standard InChI is InChI=1S/C17H17Cl2NO4/c1-8-13(16(21)23-3)15(11-6-5-10(18)7-12(11)19)14(9(2)20-8)17(22)24-4/h5-7,13,15H,1-4H3. The van der Waals surface area contributed by atoms with E-state index in [9.17, 15) is 9.59 Å². The predicted octanol–water partition coefficient (Wildman–Crippen LogP) is 3.79. The second kappa shape index (κ2) is 7.36. The van der Waals surface area contributed by atoms with Gasteiger partial charge < -0.3 is 9.47 Å². The molecule has 2 unspecified atom stereocenters. The first-order valence-electron chi connectivity index (χ1n) is 7.18. The van der Waals surface area contributed by atoms with E-state index in [0.29, 0.717) is 27.0 Å². The van der Waals surface area contributed by atoms with Crippen molar-refractivity contribution in [3.05, 3.63) is 45.1 Å². The molecule has 0 N–H and O–H groups in total. The molecule has 0 fully saturated rings. The number of rotatable bonds is 3. The van der Waals surface area contributed by atoms with Crippen molar-refractivity contribution in [2.24, 2.45) is 10.9 Å². The average Bonchev–Trinajstić information content (AvgIpc) is 2.53. The zero-order chi connectivity index (χ0) is 18.0.